The van der Waals surface area contributed by atoms with Crippen molar-refractivity contribution in [3.8, 4) is 5.75 Å². The average Bonchev–Trinajstić information content (AvgIpc) is 2.97. The second-order valence-corrected chi connectivity index (χ2v) is 8.81. The molecule has 0 unspecified atom stereocenters. The summed E-state index contributed by atoms with van der Waals surface area (Å²) in [5, 5.41) is 5.61. The Bertz CT molecular complexity index is 806. The average molecular weight is 410 g/mol. The summed E-state index contributed by atoms with van der Waals surface area (Å²) in [5.74, 6) is 0.484. The number of nitrogens with one attached hydrogen (secondary N) is 1. The van der Waals surface area contributed by atoms with Gasteiger partial charge in [0.2, 0.25) is 15.9 Å². The minimum absolute atomic E-state index is 0.0961. The maximum atomic E-state index is 12.6. The first-order valence-electron chi connectivity index (χ1n) is 9.97. The molecule has 7 nitrogen and oxygen atoms in total. The minimum atomic E-state index is -3.61. The standard InChI is InChI=1S/C20H31N3O4S/c1-4-6-7-8-11-21-28(25,26)18-9-10-19(27-12-5-2)17(14-18)15-23-20(24)13-16(3)22-23/h9-10,14,21H,4-8,11-13,15H2,1-3H3. The van der Waals surface area contributed by atoms with Crippen LogP contribution in [-0.4, -0.2) is 38.2 Å². The van der Waals surface area contributed by atoms with Crippen LogP contribution in [0.3, 0.4) is 0 Å². The van der Waals surface area contributed by atoms with E-state index < -0.39 is 10.0 Å². The van der Waals surface area contributed by atoms with Gasteiger partial charge in [0.25, 0.3) is 0 Å². The largest absolute Gasteiger partial charge is 0.493 e. The highest BCUT2D eigenvalue weighted by Crippen LogP contribution is 2.26. The number of benzene rings is 1. The van der Waals surface area contributed by atoms with E-state index in [4.69, 9.17) is 4.74 Å². The Morgan fingerprint density at radius 3 is 2.61 bits per heavy atom. The van der Waals surface area contributed by atoms with Crippen LogP contribution in [0.1, 0.15) is 64.9 Å². The molecule has 0 saturated heterocycles. The van der Waals surface area contributed by atoms with Gasteiger partial charge in [-0.1, -0.05) is 33.1 Å². The first-order chi connectivity index (χ1) is 13.4. The number of carbonyl (C=O) groups is 1. The van der Waals surface area contributed by atoms with E-state index in [0.29, 0.717) is 30.9 Å². The normalized spacial score (nSPS) is 14.5. The molecule has 156 valence electrons. The Morgan fingerprint density at radius 1 is 1.18 bits per heavy atom. The molecule has 28 heavy (non-hydrogen) atoms. The molecule has 8 heteroatoms. The van der Waals surface area contributed by atoms with Crippen LogP contribution in [0.15, 0.2) is 28.2 Å². The summed E-state index contributed by atoms with van der Waals surface area (Å²) in [6.07, 6.45) is 5.14. The number of hydrazone groups is 1. The maximum absolute atomic E-state index is 12.6. The summed E-state index contributed by atoms with van der Waals surface area (Å²) in [6, 6.07) is 4.78. The van der Waals surface area contributed by atoms with Crippen molar-refractivity contribution in [1.29, 1.82) is 0 Å². The van der Waals surface area contributed by atoms with E-state index in [2.05, 4.69) is 16.7 Å². The van der Waals surface area contributed by atoms with Crippen LogP contribution in [0.4, 0.5) is 0 Å². The summed E-state index contributed by atoms with van der Waals surface area (Å²) in [6.45, 7) is 7.04. The van der Waals surface area contributed by atoms with Crippen LogP contribution >= 0.6 is 0 Å². The zero-order valence-electron chi connectivity index (χ0n) is 17.0. The van der Waals surface area contributed by atoms with Gasteiger partial charge < -0.3 is 4.74 Å². The van der Waals surface area contributed by atoms with Crippen LogP contribution in [0.2, 0.25) is 0 Å². The molecule has 1 aliphatic heterocycles. The van der Waals surface area contributed by atoms with E-state index in [1.54, 1.807) is 25.1 Å². The van der Waals surface area contributed by atoms with Crippen LogP contribution in [0.5, 0.6) is 5.75 Å². The van der Waals surface area contributed by atoms with Crippen molar-refractivity contribution in [3.63, 3.8) is 0 Å². The molecular formula is C20H31N3O4S. The number of ether oxygens (including phenoxy) is 1. The summed E-state index contributed by atoms with van der Waals surface area (Å²) in [4.78, 5) is 12.2. The van der Waals surface area contributed by atoms with E-state index in [9.17, 15) is 13.2 Å². The zero-order chi connectivity index (χ0) is 20.6. The first kappa shape index (κ1) is 22.4. The molecule has 1 aromatic carbocycles. The van der Waals surface area contributed by atoms with Gasteiger partial charge in [-0.2, -0.15) is 5.10 Å². The monoisotopic (exact) mass is 409 g/mol. The van der Waals surface area contributed by atoms with Gasteiger partial charge in [0.15, 0.2) is 0 Å². The molecule has 1 N–H and O–H groups in total. The van der Waals surface area contributed by atoms with Gasteiger partial charge in [-0.15, -0.1) is 0 Å². The summed E-state index contributed by atoms with van der Waals surface area (Å²) < 4.78 is 33.7. The van der Waals surface area contributed by atoms with Gasteiger partial charge >= 0.3 is 0 Å². The molecule has 0 saturated carbocycles. The molecule has 1 aromatic rings. The molecule has 0 atom stereocenters. The van der Waals surface area contributed by atoms with Gasteiger partial charge in [0, 0.05) is 17.8 Å². The number of unbranched alkanes of at least 4 members (excludes halogenated alkanes) is 3. The second-order valence-electron chi connectivity index (χ2n) is 7.04. The van der Waals surface area contributed by atoms with E-state index in [1.165, 1.54) is 5.01 Å². The number of sulfonamides is 1. The molecule has 0 aromatic heterocycles. The lowest BCUT2D eigenvalue weighted by Gasteiger charge is -2.17. The van der Waals surface area contributed by atoms with Crippen molar-refractivity contribution in [2.75, 3.05) is 13.2 Å². The third-order valence-electron chi connectivity index (χ3n) is 4.43. The molecule has 1 amide bonds. The second kappa shape index (κ2) is 10.6. The number of hydrogen-bond acceptors (Lipinski definition) is 5. The molecule has 0 radical (unpaired) electrons. The predicted octanol–water partition coefficient (Wildman–Crippen LogP) is 3.44. The summed E-state index contributed by atoms with van der Waals surface area (Å²) >= 11 is 0. The van der Waals surface area contributed by atoms with Crippen molar-refractivity contribution in [1.82, 2.24) is 9.73 Å². The van der Waals surface area contributed by atoms with Crippen LogP contribution in [0, 0.1) is 0 Å². The fourth-order valence-electron chi connectivity index (χ4n) is 2.93. The highest BCUT2D eigenvalue weighted by molar-refractivity contribution is 7.89. The van der Waals surface area contributed by atoms with Crippen LogP contribution in [-0.2, 0) is 21.4 Å². The molecular weight excluding hydrogens is 378 g/mol. The van der Waals surface area contributed by atoms with Gasteiger partial charge in [0.1, 0.15) is 5.75 Å². The fraction of sp³-hybridized carbons (Fsp3) is 0.600. The molecule has 0 spiro atoms. The Kier molecular flexibility index (Phi) is 8.44. The highest BCUT2D eigenvalue weighted by atomic mass is 32.2. The summed E-state index contributed by atoms with van der Waals surface area (Å²) in [5.41, 5.74) is 1.38. The topological polar surface area (TPSA) is 88.1 Å². The number of amides is 1. The van der Waals surface area contributed by atoms with Crippen LogP contribution in [0.25, 0.3) is 0 Å². The van der Waals surface area contributed by atoms with Crippen molar-refractivity contribution in [3.05, 3.63) is 23.8 Å². The molecule has 1 heterocycles. The van der Waals surface area contributed by atoms with Crippen molar-refractivity contribution in [2.24, 2.45) is 5.10 Å². The maximum Gasteiger partial charge on any atom is 0.248 e. The fourth-order valence-corrected chi connectivity index (χ4v) is 4.06. The minimum Gasteiger partial charge on any atom is -0.493 e. The van der Waals surface area contributed by atoms with Gasteiger partial charge in [-0.25, -0.2) is 18.1 Å². The molecule has 0 fully saturated rings. The number of nitrogens with zero attached hydrogens (tertiary/aromatic N) is 2. The molecule has 1 aliphatic rings. The lowest BCUT2D eigenvalue weighted by atomic mass is 10.2. The van der Waals surface area contributed by atoms with Crippen molar-refractivity contribution >= 4 is 21.6 Å². The smallest absolute Gasteiger partial charge is 0.248 e. The number of hydrogen-bond donors (Lipinski definition) is 1. The summed E-state index contributed by atoms with van der Waals surface area (Å²) in [7, 11) is -3.61. The molecule has 0 bridgehead atoms. The predicted molar refractivity (Wildman–Crippen MR) is 110 cm³/mol. The van der Waals surface area contributed by atoms with Crippen molar-refractivity contribution < 1.29 is 17.9 Å². The number of rotatable bonds is 12. The van der Waals surface area contributed by atoms with Gasteiger partial charge in [-0.3, -0.25) is 4.79 Å². The Hall–Kier alpha value is -1.93. The highest BCUT2D eigenvalue weighted by Gasteiger charge is 2.24. The molecule has 0 aliphatic carbocycles. The van der Waals surface area contributed by atoms with Gasteiger partial charge in [-0.05, 0) is 38.0 Å². The van der Waals surface area contributed by atoms with E-state index in [-0.39, 0.29) is 17.3 Å². The Morgan fingerprint density at radius 2 is 1.96 bits per heavy atom. The SMILES string of the molecule is CCCCCCNS(=O)(=O)c1ccc(OCCC)c(CN2N=C(C)CC2=O)c1. The number of carbonyl (C=O) groups excluding carboxylic acids is 1. The molecule has 2 rings (SSSR count). The Labute approximate surface area is 168 Å². The quantitative estimate of drug-likeness (QED) is 0.536. The van der Waals surface area contributed by atoms with Gasteiger partial charge in [0.05, 0.1) is 24.5 Å². The van der Waals surface area contributed by atoms with E-state index in [0.717, 1.165) is 37.8 Å². The first-order valence-corrected chi connectivity index (χ1v) is 11.5. The zero-order valence-corrected chi connectivity index (χ0v) is 17.8. The van der Waals surface area contributed by atoms with Crippen molar-refractivity contribution in [2.45, 2.75) is 70.7 Å². The lowest BCUT2D eigenvalue weighted by Crippen LogP contribution is -2.25. The van der Waals surface area contributed by atoms with E-state index in [1.807, 2.05) is 6.92 Å². The third kappa shape index (κ3) is 6.31. The van der Waals surface area contributed by atoms with Crippen LogP contribution < -0.4 is 9.46 Å². The lowest BCUT2D eigenvalue weighted by molar-refractivity contribution is -0.129. The van der Waals surface area contributed by atoms with E-state index >= 15 is 0 Å². The Balaban J connectivity index is 2.18. The third-order valence-corrected chi connectivity index (χ3v) is 5.89.